The van der Waals surface area contributed by atoms with Crippen molar-refractivity contribution in [3.8, 4) is 0 Å². The van der Waals surface area contributed by atoms with Crippen molar-refractivity contribution < 1.29 is 9.53 Å². The number of nitrogens with zero attached hydrogens (tertiary/aromatic N) is 2. The summed E-state index contributed by atoms with van der Waals surface area (Å²) in [6.45, 7) is 7.66. The Morgan fingerprint density at radius 2 is 2.17 bits per heavy atom. The number of esters is 1. The number of anilines is 2. The summed E-state index contributed by atoms with van der Waals surface area (Å²) in [5, 5.41) is 6.03. The molecule has 0 spiro atoms. The van der Waals surface area contributed by atoms with Crippen LogP contribution in [0.4, 0.5) is 11.6 Å². The minimum Gasteiger partial charge on any atom is -0.467 e. The third-order valence-corrected chi connectivity index (χ3v) is 2.23. The highest BCUT2D eigenvalue weighted by Crippen LogP contribution is 2.16. The minimum absolute atomic E-state index is 0.360. The van der Waals surface area contributed by atoms with Crippen molar-refractivity contribution >= 4 is 17.6 Å². The van der Waals surface area contributed by atoms with Crippen molar-refractivity contribution in [3.05, 3.63) is 25.0 Å². The van der Waals surface area contributed by atoms with Gasteiger partial charge >= 0.3 is 5.97 Å². The first kappa shape index (κ1) is 14.0. The molecule has 0 radical (unpaired) electrons. The van der Waals surface area contributed by atoms with Gasteiger partial charge in [-0.25, -0.2) is 14.8 Å². The van der Waals surface area contributed by atoms with Crippen LogP contribution in [0.15, 0.2) is 25.0 Å². The first-order chi connectivity index (χ1) is 8.49. The number of hydrogen-bond donors (Lipinski definition) is 2. The van der Waals surface area contributed by atoms with Crippen molar-refractivity contribution in [2.75, 3.05) is 24.3 Å². The zero-order chi connectivity index (χ0) is 13.6. The van der Waals surface area contributed by atoms with Gasteiger partial charge in [-0.3, -0.25) is 0 Å². The Labute approximate surface area is 106 Å². The quantitative estimate of drug-likeness (QED) is 0.587. The molecule has 0 saturated heterocycles. The molecule has 0 unspecified atom stereocenters. The van der Waals surface area contributed by atoms with E-state index in [0.717, 1.165) is 0 Å². The summed E-state index contributed by atoms with van der Waals surface area (Å²) < 4.78 is 4.71. The Kier molecular flexibility index (Phi) is 4.65. The van der Waals surface area contributed by atoms with E-state index in [2.05, 4.69) is 27.2 Å². The second kappa shape index (κ2) is 6.00. The molecule has 0 bridgehead atoms. The molecule has 0 aromatic carbocycles. The lowest BCUT2D eigenvalue weighted by atomic mass is 10.1. The number of hydrogen-bond acceptors (Lipinski definition) is 6. The van der Waals surface area contributed by atoms with E-state index in [9.17, 15) is 4.79 Å². The van der Waals surface area contributed by atoms with Gasteiger partial charge in [-0.05, 0) is 13.8 Å². The van der Waals surface area contributed by atoms with E-state index in [0.29, 0.717) is 18.2 Å². The Balaban J connectivity index is 2.78. The zero-order valence-electron chi connectivity index (χ0n) is 10.9. The molecule has 18 heavy (non-hydrogen) atoms. The fraction of sp³-hybridized carbons (Fsp3) is 0.417. The van der Waals surface area contributed by atoms with E-state index in [1.807, 2.05) is 0 Å². The number of carbonyl (C=O) groups excluding carboxylic acids is 1. The number of aromatic nitrogens is 2. The summed E-state index contributed by atoms with van der Waals surface area (Å²) >= 11 is 0. The summed E-state index contributed by atoms with van der Waals surface area (Å²) in [4.78, 5) is 19.6. The van der Waals surface area contributed by atoms with E-state index < -0.39 is 5.54 Å². The van der Waals surface area contributed by atoms with E-state index in [4.69, 9.17) is 4.74 Å². The molecule has 1 aromatic rings. The monoisotopic (exact) mass is 250 g/mol. The summed E-state index contributed by atoms with van der Waals surface area (Å²) in [6, 6.07) is 1.72. The largest absolute Gasteiger partial charge is 0.467 e. The van der Waals surface area contributed by atoms with Crippen molar-refractivity contribution in [1.29, 1.82) is 0 Å². The van der Waals surface area contributed by atoms with Gasteiger partial charge in [0, 0.05) is 12.6 Å². The normalized spacial score (nSPS) is 10.6. The van der Waals surface area contributed by atoms with Crippen molar-refractivity contribution in [3.63, 3.8) is 0 Å². The lowest BCUT2D eigenvalue weighted by molar-refractivity contribution is -0.144. The molecule has 6 heteroatoms. The van der Waals surface area contributed by atoms with E-state index in [1.165, 1.54) is 13.4 Å². The van der Waals surface area contributed by atoms with Crippen molar-refractivity contribution in [2.45, 2.75) is 19.4 Å². The topological polar surface area (TPSA) is 76.1 Å². The van der Waals surface area contributed by atoms with Crippen molar-refractivity contribution in [2.24, 2.45) is 0 Å². The minimum atomic E-state index is -0.848. The highest BCUT2D eigenvalue weighted by atomic mass is 16.5. The van der Waals surface area contributed by atoms with Gasteiger partial charge in [0.2, 0.25) is 0 Å². The molecule has 1 heterocycles. The van der Waals surface area contributed by atoms with E-state index >= 15 is 0 Å². The highest BCUT2D eigenvalue weighted by molar-refractivity contribution is 5.83. The van der Waals surface area contributed by atoms with Gasteiger partial charge in [0.15, 0.2) is 0 Å². The molecule has 98 valence electrons. The molecule has 0 aliphatic carbocycles. The fourth-order valence-electron chi connectivity index (χ4n) is 1.33. The van der Waals surface area contributed by atoms with Crippen LogP contribution in [0.5, 0.6) is 0 Å². The molecule has 0 aliphatic rings. The molecule has 6 nitrogen and oxygen atoms in total. The van der Waals surface area contributed by atoms with Crippen LogP contribution in [0.1, 0.15) is 13.8 Å². The number of rotatable bonds is 6. The van der Waals surface area contributed by atoms with Crippen LogP contribution in [0.2, 0.25) is 0 Å². The maximum Gasteiger partial charge on any atom is 0.330 e. The molecule has 0 saturated carbocycles. The van der Waals surface area contributed by atoms with Crippen LogP contribution in [0, 0.1) is 0 Å². The van der Waals surface area contributed by atoms with Gasteiger partial charge in [-0.1, -0.05) is 6.08 Å². The third kappa shape index (κ3) is 3.73. The lowest BCUT2D eigenvalue weighted by Gasteiger charge is -2.23. The van der Waals surface area contributed by atoms with Gasteiger partial charge in [0.1, 0.15) is 23.5 Å². The molecule has 1 aromatic heterocycles. The Hall–Kier alpha value is -2.11. The molecule has 1 rings (SSSR count). The molecule has 0 fully saturated rings. The summed E-state index contributed by atoms with van der Waals surface area (Å²) in [5.74, 6) is 0.849. The number of carbonyl (C=O) groups is 1. The first-order valence-electron chi connectivity index (χ1n) is 5.53. The van der Waals surface area contributed by atoms with Crippen LogP contribution in [0.25, 0.3) is 0 Å². The maximum absolute atomic E-state index is 11.5. The standard InChI is InChI=1S/C12H18N4O2/c1-5-6-13-9-7-10(15-8-14-9)16-12(2,3)11(17)18-4/h5,7-8H,1,6H2,2-4H3,(H2,13,14,15,16). The third-order valence-electron chi connectivity index (χ3n) is 2.23. The van der Waals surface area contributed by atoms with E-state index in [1.54, 1.807) is 26.0 Å². The average Bonchev–Trinajstić information content (AvgIpc) is 2.35. The molecule has 0 atom stereocenters. The second-order valence-corrected chi connectivity index (χ2v) is 4.20. The first-order valence-corrected chi connectivity index (χ1v) is 5.53. The number of nitrogens with one attached hydrogen (secondary N) is 2. The Bertz CT molecular complexity index is 432. The van der Waals surface area contributed by atoms with Crippen molar-refractivity contribution in [1.82, 2.24) is 9.97 Å². The average molecular weight is 250 g/mol. The zero-order valence-corrected chi connectivity index (χ0v) is 10.9. The molecule has 0 amide bonds. The van der Waals surface area contributed by atoms with Gasteiger partial charge in [-0.2, -0.15) is 0 Å². The van der Waals surface area contributed by atoms with E-state index in [-0.39, 0.29) is 5.97 Å². The maximum atomic E-state index is 11.5. The molecule has 0 aliphatic heterocycles. The van der Waals surface area contributed by atoms with Gasteiger partial charge in [0.05, 0.1) is 7.11 Å². The van der Waals surface area contributed by atoms with Gasteiger partial charge < -0.3 is 15.4 Å². The summed E-state index contributed by atoms with van der Waals surface area (Å²) in [7, 11) is 1.35. The van der Waals surface area contributed by atoms with Crippen LogP contribution >= 0.6 is 0 Å². The number of methoxy groups -OCH3 is 1. The molecular formula is C12H18N4O2. The SMILES string of the molecule is C=CCNc1cc(NC(C)(C)C(=O)OC)ncn1. The Morgan fingerprint density at radius 1 is 1.50 bits per heavy atom. The van der Waals surface area contributed by atoms with Crippen LogP contribution in [-0.4, -0.2) is 35.1 Å². The molecular weight excluding hydrogens is 232 g/mol. The molecule has 2 N–H and O–H groups in total. The predicted molar refractivity (Wildman–Crippen MR) is 70.4 cm³/mol. The smallest absolute Gasteiger partial charge is 0.330 e. The second-order valence-electron chi connectivity index (χ2n) is 4.20. The predicted octanol–water partition coefficient (Wildman–Crippen LogP) is 1.44. The van der Waals surface area contributed by atoms with Crippen LogP contribution in [0.3, 0.4) is 0 Å². The fourth-order valence-corrected chi connectivity index (χ4v) is 1.33. The van der Waals surface area contributed by atoms with Crippen LogP contribution in [-0.2, 0) is 9.53 Å². The number of ether oxygens (including phenoxy) is 1. The van der Waals surface area contributed by atoms with Gasteiger partial charge in [0.25, 0.3) is 0 Å². The Morgan fingerprint density at radius 3 is 2.78 bits per heavy atom. The summed E-state index contributed by atoms with van der Waals surface area (Å²) in [5.41, 5.74) is -0.848. The summed E-state index contributed by atoms with van der Waals surface area (Å²) in [6.07, 6.45) is 3.15. The van der Waals surface area contributed by atoms with Crippen LogP contribution < -0.4 is 10.6 Å². The van der Waals surface area contributed by atoms with Gasteiger partial charge in [-0.15, -0.1) is 6.58 Å². The lowest BCUT2D eigenvalue weighted by Crippen LogP contribution is -2.41. The highest BCUT2D eigenvalue weighted by Gasteiger charge is 2.28.